The van der Waals surface area contributed by atoms with Crippen LogP contribution < -0.4 is 5.32 Å². The molecule has 0 aromatic heterocycles. The van der Waals surface area contributed by atoms with Crippen molar-refractivity contribution in [1.82, 2.24) is 10.2 Å². The summed E-state index contributed by atoms with van der Waals surface area (Å²) in [7, 11) is 0. The standard InChI is InChI=1S/C15H24N2O4/c1-8(2)16-14(19)12-5-11-6-17(7-13(12)21-11)15(20)9-3-10(18)4-9/h8-13,18H,3-7H2,1-2H3,(H,16,19). The molecule has 2 heterocycles. The molecule has 6 heteroatoms. The van der Waals surface area contributed by atoms with Crippen LogP contribution in [-0.4, -0.2) is 59.3 Å². The van der Waals surface area contributed by atoms with E-state index in [2.05, 4.69) is 5.32 Å². The zero-order chi connectivity index (χ0) is 15.1. The van der Waals surface area contributed by atoms with Gasteiger partial charge in [-0.2, -0.15) is 0 Å². The topological polar surface area (TPSA) is 78.9 Å². The molecule has 3 atom stereocenters. The lowest BCUT2D eigenvalue weighted by atomic mass is 9.81. The van der Waals surface area contributed by atoms with Crippen molar-refractivity contribution in [3.63, 3.8) is 0 Å². The van der Waals surface area contributed by atoms with Crippen LogP contribution in [-0.2, 0) is 14.3 Å². The van der Waals surface area contributed by atoms with Crippen LogP contribution in [0, 0.1) is 11.8 Å². The van der Waals surface area contributed by atoms with Gasteiger partial charge in [0, 0.05) is 25.0 Å². The first-order chi connectivity index (χ1) is 9.94. The molecule has 2 N–H and O–H groups in total. The number of rotatable bonds is 3. The maximum absolute atomic E-state index is 12.4. The van der Waals surface area contributed by atoms with E-state index in [1.54, 1.807) is 0 Å². The van der Waals surface area contributed by atoms with Gasteiger partial charge in [-0.15, -0.1) is 0 Å². The number of nitrogens with one attached hydrogen (secondary N) is 1. The van der Waals surface area contributed by atoms with Crippen molar-refractivity contribution in [2.24, 2.45) is 11.8 Å². The van der Waals surface area contributed by atoms with Crippen LogP contribution in [0.25, 0.3) is 0 Å². The van der Waals surface area contributed by atoms with E-state index in [9.17, 15) is 14.7 Å². The third-order valence-corrected chi connectivity index (χ3v) is 4.70. The van der Waals surface area contributed by atoms with Gasteiger partial charge in [-0.1, -0.05) is 0 Å². The smallest absolute Gasteiger partial charge is 0.226 e. The molecule has 3 unspecified atom stereocenters. The van der Waals surface area contributed by atoms with Crippen LogP contribution in [0.5, 0.6) is 0 Å². The Bertz CT molecular complexity index is 433. The van der Waals surface area contributed by atoms with Crippen molar-refractivity contribution in [3.8, 4) is 0 Å². The summed E-state index contributed by atoms with van der Waals surface area (Å²) in [4.78, 5) is 26.4. The van der Waals surface area contributed by atoms with Gasteiger partial charge in [0.25, 0.3) is 0 Å². The molecule has 1 aliphatic carbocycles. The Kier molecular flexibility index (Phi) is 3.92. The van der Waals surface area contributed by atoms with Crippen molar-refractivity contribution >= 4 is 11.8 Å². The van der Waals surface area contributed by atoms with E-state index < -0.39 is 0 Å². The lowest BCUT2D eigenvalue weighted by molar-refractivity contribution is -0.152. The molecular formula is C15H24N2O4. The number of hydrogen-bond donors (Lipinski definition) is 2. The van der Waals surface area contributed by atoms with E-state index in [0.717, 1.165) is 0 Å². The first-order valence-electron chi connectivity index (χ1n) is 7.86. The van der Waals surface area contributed by atoms with Gasteiger partial charge in [0.1, 0.15) is 0 Å². The molecular weight excluding hydrogens is 272 g/mol. The van der Waals surface area contributed by atoms with E-state index in [1.165, 1.54) is 0 Å². The highest BCUT2D eigenvalue weighted by Gasteiger charge is 2.47. The minimum Gasteiger partial charge on any atom is -0.393 e. The zero-order valence-corrected chi connectivity index (χ0v) is 12.6. The number of morpholine rings is 1. The average molecular weight is 296 g/mol. The fourth-order valence-corrected chi connectivity index (χ4v) is 3.55. The Morgan fingerprint density at radius 1 is 1.24 bits per heavy atom. The Morgan fingerprint density at radius 2 is 1.95 bits per heavy atom. The number of aliphatic hydroxyl groups is 1. The molecule has 0 spiro atoms. The SMILES string of the molecule is CC(C)NC(=O)C1CC2CN(C(=O)C3CC(O)C3)CC1O2. The predicted octanol–water partition coefficient (Wildman–Crippen LogP) is -0.102. The van der Waals surface area contributed by atoms with Crippen molar-refractivity contribution in [2.45, 2.75) is 57.5 Å². The number of ether oxygens (including phenoxy) is 1. The molecule has 6 nitrogen and oxygen atoms in total. The first kappa shape index (κ1) is 14.8. The highest BCUT2D eigenvalue weighted by Crippen LogP contribution is 2.35. The first-order valence-corrected chi connectivity index (χ1v) is 7.86. The molecule has 3 rings (SSSR count). The number of nitrogens with zero attached hydrogens (tertiary/aromatic N) is 1. The third kappa shape index (κ3) is 2.92. The monoisotopic (exact) mass is 296 g/mol. The van der Waals surface area contributed by atoms with Crippen LogP contribution in [0.2, 0.25) is 0 Å². The van der Waals surface area contributed by atoms with Gasteiger partial charge in [0.15, 0.2) is 0 Å². The molecule has 3 fully saturated rings. The Hall–Kier alpha value is -1.14. The van der Waals surface area contributed by atoms with E-state index >= 15 is 0 Å². The van der Waals surface area contributed by atoms with Crippen LogP contribution in [0.4, 0.5) is 0 Å². The van der Waals surface area contributed by atoms with E-state index in [4.69, 9.17) is 4.74 Å². The number of amides is 2. The van der Waals surface area contributed by atoms with Crippen molar-refractivity contribution in [3.05, 3.63) is 0 Å². The largest absolute Gasteiger partial charge is 0.393 e. The Balaban J connectivity index is 1.59. The summed E-state index contributed by atoms with van der Waals surface area (Å²) in [6, 6.07) is 0.118. The van der Waals surface area contributed by atoms with Gasteiger partial charge in [0.05, 0.1) is 24.2 Å². The van der Waals surface area contributed by atoms with Crippen LogP contribution in [0.1, 0.15) is 33.1 Å². The number of carbonyl (C=O) groups is 2. The summed E-state index contributed by atoms with van der Waals surface area (Å²) in [5.74, 6) is -0.0444. The highest BCUT2D eigenvalue weighted by atomic mass is 16.5. The molecule has 118 valence electrons. The fraction of sp³-hybridized carbons (Fsp3) is 0.867. The quantitative estimate of drug-likeness (QED) is 0.762. The van der Waals surface area contributed by atoms with Gasteiger partial charge in [0.2, 0.25) is 11.8 Å². The molecule has 3 aliphatic rings. The Labute approximate surface area is 124 Å². The summed E-state index contributed by atoms with van der Waals surface area (Å²) in [6.07, 6.45) is 1.31. The highest BCUT2D eigenvalue weighted by molar-refractivity contribution is 5.82. The lowest BCUT2D eigenvalue weighted by Gasteiger charge is -2.38. The minimum absolute atomic E-state index is 0.0272. The summed E-state index contributed by atoms with van der Waals surface area (Å²) in [5, 5.41) is 12.3. The van der Waals surface area contributed by atoms with Crippen molar-refractivity contribution in [2.75, 3.05) is 13.1 Å². The maximum atomic E-state index is 12.4. The second-order valence-electron chi connectivity index (χ2n) is 6.87. The number of carbonyl (C=O) groups excluding carboxylic acids is 2. The molecule has 0 aromatic rings. The number of hydrogen-bond acceptors (Lipinski definition) is 4. The van der Waals surface area contributed by atoms with Crippen LogP contribution >= 0.6 is 0 Å². The van der Waals surface area contributed by atoms with Gasteiger partial charge in [-0.25, -0.2) is 0 Å². The molecule has 0 aromatic carbocycles. The summed E-state index contributed by atoms with van der Waals surface area (Å²) in [6.45, 7) is 4.96. The van der Waals surface area contributed by atoms with Crippen LogP contribution in [0.3, 0.4) is 0 Å². The number of likely N-dealkylation sites (tertiary alicyclic amines) is 1. The third-order valence-electron chi connectivity index (χ3n) is 4.70. The molecule has 21 heavy (non-hydrogen) atoms. The normalized spacial score (nSPS) is 38.3. The maximum Gasteiger partial charge on any atom is 0.226 e. The predicted molar refractivity (Wildman–Crippen MR) is 75.4 cm³/mol. The van der Waals surface area contributed by atoms with E-state index in [-0.39, 0.29) is 48.0 Å². The van der Waals surface area contributed by atoms with E-state index in [1.807, 2.05) is 18.7 Å². The molecule has 2 saturated heterocycles. The lowest BCUT2D eigenvalue weighted by Crippen LogP contribution is -2.52. The van der Waals surface area contributed by atoms with Crippen molar-refractivity contribution < 1.29 is 19.4 Å². The molecule has 2 amide bonds. The molecule has 0 radical (unpaired) electrons. The fourth-order valence-electron chi connectivity index (χ4n) is 3.55. The molecule has 1 saturated carbocycles. The average Bonchev–Trinajstić information content (AvgIpc) is 2.68. The summed E-state index contributed by atoms with van der Waals surface area (Å²) in [5.41, 5.74) is 0. The van der Waals surface area contributed by atoms with Gasteiger partial charge in [-0.05, 0) is 33.1 Å². The van der Waals surface area contributed by atoms with Crippen LogP contribution in [0.15, 0.2) is 0 Å². The van der Waals surface area contributed by atoms with Gasteiger partial charge >= 0.3 is 0 Å². The summed E-state index contributed by atoms with van der Waals surface area (Å²) < 4.78 is 5.84. The minimum atomic E-state index is -0.318. The van der Waals surface area contributed by atoms with Gasteiger partial charge < -0.3 is 20.1 Å². The molecule has 2 aliphatic heterocycles. The summed E-state index contributed by atoms with van der Waals surface area (Å²) >= 11 is 0. The Morgan fingerprint density at radius 3 is 2.57 bits per heavy atom. The van der Waals surface area contributed by atoms with Crippen molar-refractivity contribution in [1.29, 1.82) is 0 Å². The molecule has 2 bridgehead atoms. The van der Waals surface area contributed by atoms with E-state index in [0.29, 0.717) is 32.4 Å². The number of fused-ring (bicyclic) bond motifs is 2. The second kappa shape index (κ2) is 5.57. The number of aliphatic hydroxyl groups excluding tert-OH is 1. The second-order valence-corrected chi connectivity index (χ2v) is 6.87. The zero-order valence-electron chi connectivity index (χ0n) is 12.6. The van der Waals surface area contributed by atoms with Gasteiger partial charge in [-0.3, -0.25) is 9.59 Å².